The number of fused-ring (bicyclic) bond motifs is 3. The molecule has 140 valence electrons. The zero-order valence-electron chi connectivity index (χ0n) is 15.5. The Morgan fingerprint density at radius 3 is 2.54 bits per heavy atom. The molecule has 4 rings (SSSR count). The minimum atomic E-state index is -0.489. The predicted molar refractivity (Wildman–Crippen MR) is 108 cm³/mol. The zero-order valence-corrected chi connectivity index (χ0v) is 15.5. The molecule has 0 fully saturated rings. The molecule has 0 saturated heterocycles. The third kappa shape index (κ3) is 3.30. The van der Waals surface area contributed by atoms with Crippen LogP contribution < -0.4 is 14.2 Å². The number of benzene rings is 3. The van der Waals surface area contributed by atoms with Crippen molar-refractivity contribution >= 4 is 34.0 Å². The third-order valence-corrected chi connectivity index (χ3v) is 4.40. The Kier molecular flexibility index (Phi) is 4.72. The highest BCUT2D eigenvalue weighted by molar-refractivity contribution is 6.05. The molecule has 0 amide bonds. The Bertz CT molecular complexity index is 1190. The van der Waals surface area contributed by atoms with Gasteiger partial charge in [-0.15, -0.1) is 0 Å². The summed E-state index contributed by atoms with van der Waals surface area (Å²) in [5, 5.41) is 1.88. The van der Waals surface area contributed by atoms with Crippen molar-refractivity contribution in [3.8, 4) is 17.2 Å². The first-order valence-electron chi connectivity index (χ1n) is 8.72. The van der Waals surface area contributed by atoms with E-state index in [1.54, 1.807) is 44.6 Å². The molecule has 0 N–H and O–H groups in total. The average Bonchev–Trinajstić information content (AvgIpc) is 3.10. The zero-order chi connectivity index (χ0) is 19.5. The first-order chi connectivity index (χ1) is 13.7. The van der Waals surface area contributed by atoms with Crippen LogP contribution in [0.4, 0.5) is 0 Å². The van der Waals surface area contributed by atoms with E-state index in [1.165, 1.54) is 6.08 Å². The van der Waals surface area contributed by atoms with Gasteiger partial charge in [0.1, 0.15) is 16.9 Å². The molecule has 5 nitrogen and oxygen atoms in total. The molecule has 4 aromatic rings. The standard InChI is InChI=1S/C23H18O5/c1-25-21-9-5-6-15(23(21)26-2)10-13-22(24)27-16-11-12-20-18(14-16)17-7-3-4-8-19(17)28-20/h3-14H,1-2H3/b13-10+. The van der Waals surface area contributed by atoms with Crippen LogP contribution >= 0.6 is 0 Å². The summed E-state index contributed by atoms with van der Waals surface area (Å²) in [5.74, 6) is 1.11. The summed E-state index contributed by atoms with van der Waals surface area (Å²) in [6.07, 6.45) is 2.99. The number of carbonyl (C=O) groups is 1. The third-order valence-electron chi connectivity index (χ3n) is 4.40. The molecule has 0 aliphatic heterocycles. The molecule has 1 aromatic heterocycles. The summed E-state index contributed by atoms with van der Waals surface area (Å²) in [5.41, 5.74) is 2.26. The number of furan rings is 1. The van der Waals surface area contributed by atoms with Crippen LogP contribution in [0.1, 0.15) is 5.56 Å². The maximum absolute atomic E-state index is 12.3. The lowest BCUT2D eigenvalue weighted by molar-refractivity contribution is -0.128. The lowest BCUT2D eigenvalue weighted by atomic mass is 10.1. The van der Waals surface area contributed by atoms with Gasteiger partial charge in [-0.2, -0.15) is 0 Å². The van der Waals surface area contributed by atoms with E-state index in [0.717, 1.165) is 27.5 Å². The molecule has 3 aromatic carbocycles. The highest BCUT2D eigenvalue weighted by Crippen LogP contribution is 2.32. The summed E-state index contributed by atoms with van der Waals surface area (Å²) in [4.78, 5) is 12.3. The van der Waals surface area contributed by atoms with Gasteiger partial charge >= 0.3 is 5.97 Å². The number of methoxy groups -OCH3 is 2. The fourth-order valence-corrected chi connectivity index (χ4v) is 3.12. The molecule has 0 radical (unpaired) electrons. The van der Waals surface area contributed by atoms with E-state index in [-0.39, 0.29) is 0 Å². The normalized spacial score (nSPS) is 11.2. The number of rotatable bonds is 5. The van der Waals surface area contributed by atoms with Crippen LogP contribution in [0, 0.1) is 0 Å². The van der Waals surface area contributed by atoms with Crippen LogP contribution in [0.25, 0.3) is 28.0 Å². The van der Waals surface area contributed by atoms with Crippen LogP contribution in [-0.2, 0) is 4.79 Å². The SMILES string of the molecule is COc1cccc(/C=C/C(=O)Oc2ccc3oc4ccccc4c3c2)c1OC. The molecule has 0 aliphatic rings. The Labute approximate surface area is 161 Å². The maximum atomic E-state index is 12.3. The second kappa shape index (κ2) is 7.48. The molecular formula is C23H18O5. The van der Waals surface area contributed by atoms with Gasteiger partial charge in [0.05, 0.1) is 14.2 Å². The van der Waals surface area contributed by atoms with Crippen molar-refractivity contribution in [2.75, 3.05) is 14.2 Å². The van der Waals surface area contributed by atoms with E-state index in [4.69, 9.17) is 18.6 Å². The first kappa shape index (κ1) is 17.7. The minimum absolute atomic E-state index is 0.450. The smallest absolute Gasteiger partial charge is 0.336 e. The van der Waals surface area contributed by atoms with E-state index < -0.39 is 5.97 Å². The van der Waals surface area contributed by atoms with Crippen LogP contribution in [0.2, 0.25) is 0 Å². The Morgan fingerprint density at radius 2 is 1.71 bits per heavy atom. The quantitative estimate of drug-likeness (QED) is 0.272. The monoisotopic (exact) mass is 374 g/mol. The number of esters is 1. The van der Waals surface area contributed by atoms with Crippen molar-refractivity contribution in [2.45, 2.75) is 0 Å². The van der Waals surface area contributed by atoms with Crippen molar-refractivity contribution in [1.29, 1.82) is 0 Å². The van der Waals surface area contributed by atoms with Gasteiger partial charge in [0.25, 0.3) is 0 Å². The van der Waals surface area contributed by atoms with E-state index in [9.17, 15) is 4.79 Å². The topological polar surface area (TPSA) is 57.9 Å². The maximum Gasteiger partial charge on any atom is 0.336 e. The minimum Gasteiger partial charge on any atom is -0.493 e. The van der Waals surface area contributed by atoms with Crippen molar-refractivity contribution in [1.82, 2.24) is 0 Å². The van der Waals surface area contributed by atoms with Crippen LogP contribution in [-0.4, -0.2) is 20.2 Å². The van der Waals surface area contributed by atoms with E-state index in [2.05, 4.69) is 0 Å². The molecule has 0 unspecified atom stereocenters. The summed E-state index contributed by atoms with van der Waals surface area (Å²) >= 11 is 0. The molecule has 1 heterocycles. The fourth-order valence-electron chi connectivity index (χ4n) is 3.12. The lowest BCUT2D eigenvalue weighted by Crippen LogP contribution is -2.03. The highest BCUT2D eigenvalue weighted by Gasteiger charge is 2.10. The number of para-hydroxylation sites is 2. The van der Waals surface area contributed by atoms with Gasteiger partial charge in [-0.3, -0.25) is 0 Å². The summed E-state index contributed by atoms with van der Waals surface area (Å²) in [6, 6.07) is 18.5. The van der Waals surface area contributed by atoms with Crippen LogP contribution in [0.5, 0.6) is 17.2 Å². The predicted octanol–water partition coefficient (Wildman–Crippen LogP) is 5.22. The van der Waals surface area contributed by atoms with Crippen LogP contribution in [0.15, 0.2) is 71.2 Å². The van der Waals surface area contributed by atoms with Gasteiger partial charge in [-0.05, 0) is 36.4 Å². The molecule has 0 atom stereocenters. The Hall–Kier alpha value is -3.73. The average molecular weight is 374 g/mol. The summed E-state index contributed by atoms with van der Waals surface area (Å²) in [6.45, 7) is 0. The summed E-state index contributed by atoms with van der Waals surface area (Å²) < 4.78 is 21.9. The first-order valence-corrected chi connectivity index (χ1v) is 8.72. The summed E-state index contributed by atoms with van der Waals surface area (Å²) in [7, 11) is 3.12. The molecule has 5 heteroatoms. The van der Waals surface area contributed by atoms with Crippen molar-refractivity contribution < 1.29 is 23.4 Å². The van der Waals surface area contributed by atoms with Crippen molar-refractivity contribution in [3.05, 3.63) is 72.3 Å². The molecule has 0 spiro atoms. The number of hydrogen-bond acceptors (Lipinski definition) is 5. The highest BCUT2D eigenvalue weighted by atomic mass is 16.5. The lowest BCUT2D eigenvalue weighted by Gasteiger charge is -2.09. The Balaban J connectivity index is 1.57. The molecule has 0 saturated carbocycles. The van der Waals surface area contributed by atoms with Gasteiger partial charge in [0.15, 0.2) is 11.5 Å². The number of carbonyl (C=O) groups excluding carboxylic acids is 1. The molecule has 28 heavy (non-hydrogen) atoms. The molecule has 0 bridgehead atoms. The van der Waals surface area contributed by atoms with Gasteiger partial charge in [-0.1, -0.05) is 30.3 Å². The molecular weight excluding hydrogens is 356 g/mol. The largest absolute Gasteiger partial charge is 0.493 e. The van der Waals surface area contributed by atoms with Crippen molar-refractivity contribution in [3.63, 3.8) is 0 Å². The number of ether oxygens (including phenoxy) is 3. The number of hydrogen-bond donors (Lipinski definition) is 0. The van der Waals surface area contributed by atoms with Gasteiger partial charge in [0.2, 0.25) is 0 Å². The van der Waals surface area contributed by atoms with Crippen molar-refractivity contribution in [2.24, 2.45) is 0 Å². The van der Waals surface area contributed by atoms with Gasteiger partial charge < -0.3 is 18.6 Å². The Morgan fingerprint density at radius 1 is 0.893 bits per heavy atom. The van der Waals surface area contributed by atoms with E-state index in [1.807, 2.05) is 36.4 Å². The van der Waals surface area contributed by atoms with Gasteiger partial charge in [0, 0.05) is 22.4 Å². The second-order valence-corrected chi connectivity index (χ2v) is 6.09. The molecule has 0 aliphatic carbocycles. The second-order valence-electron chi connectivity index (χ2n) is 6.09. The van der Waals surface area contributed by atoms with E-state index in [0.29, 0.717) is 17.2 Å². The fraction of sp³-hybridized carbons (Fsp3) is 0.0870. The van der Waals surface area contributed by atoms with Gasteiger partial charge in [-0.25, -0.2) is 4.79 Å². The van der Waals surface area contributed by atoms with Crippen LogP contribution in [0.3, 0.4) is 0 Å². The van der Waals surface area contributed by atoms with E-state index >= 15 is 0 Å².